The molecule has 1 N–H and O–H groups in total. The van der Waals surface area contributed by atoms with E-state index in [0.29, 0.717) is 13.0 Å². The van der Waals surface area contributed by atoms with Crippen LogP contribution in [0, 0.1) is 11.8 Å². The smallest absolute Gasteiger partial charge is 0.230 e. The van der Waals surface area contributed by atoms with E-state index in [-0.39, 0.29) is 29.6 Å². The van der Waals surface area contributed by atoms with Gasteiger partial charge in [0, 0.05) is 18.3 Å². The first-order valence-electron chi connectivity index (χ1n) is 7.09. The summed E-state index contributed by atoms with van der Waals surface area (Å²) >= 11 is 0. The number of hydrogen-bond donors (Lipinski definition) is 1. The zero-order chi connectivity index (χ0) is 14.7. The molecule has 0 radical (unpaired) electrons. The first-order valence-corrected chi connectivity index (χ1v) is 7.09. The fourth-order valence-corrected chi connectivity index (χ4v) is 2.85. The summed E-state index contributed by atoms with van der Waals surface area (Å²) in [7, 11) is 0. The molecule has 0 bridgehead atoms. The van der Waals surface area contributed by atoms with Crippen LogP contribution in [0.15, 0.2) is 24.3 Å². The van der Waals surface area contributed by atoms with Gasteiger partial charge in [0.25, 0.3) is 0 Å². The highest BCUT2D eigenvalue weighted by Gasteiger charge is 2.38. The largest absolute Gasteiger partial charge is 0.494 e. The minimum absolute atomic E-state index is 0.0491. The summed E-state index contributed by atoms with van der Waals surface area (Å²) in [6.07, 6.45) is 0.364. The monoisotopic (exact) mass is 275 g/mol. The first-order chi connectivity index (χ1) is 9.52. The van der Waals surface area contributed by atoms with Crippen molar-refractivity contribution >= 4 is 11.8 Å². The van der Waals surface area contributed by atoms with E-state index in [9.17, 15) is 9.59 Å². The van der Waals surface area contributed by atoms with Gasteiger partial charge in [0.1, 0.15) is 5.75 Å². The van der Waals surface area contributed by atoms with Crippen LogP contribution in [-0.2, 0) is 9.59 Å². The molecule has 108 valence electrons. The van der Waals surface area contributed by atoms with Crippen LogP contribution in [0.1, 0.15) is 38.7 Å². The summed E-state index contributed by atoms with van der Waals surface area (Å²) < 4.78 is 5.42. The van der Waals surface area contributed by atoms with E-state index in [2.05, 4.69) is 5.32 Å². The van der Waals surface area contributed by atoms with Gasteiger partial charge >= 0.3 is 0 Å². The highest BCUT2D eigenvalue weighted by Crippen LogP contribution is 2.36. The van der Waals surface area contributed by atoms with E-state index in [0.717, 1.165) is 11.3 Å². The van der Waals surface area contributed by atoms with E-state index in [1.54, 1.807) is 0 Å². The number of rotatable bonds is 4. The van der Waals surface area contributed by atoms with Gasteiger partial charge in [0.15, 0.2) is 0 Å². The average Bonchev–Trinajstić information content (AvgIpc) is 2.38. The Morgan fingerprint density at radius 3 is 2.45 bits per heavy atom. The van der Waals surface area contributed by atoms with Crippen molar-refractivity contribution in [3.63, 3.8) is 0 Å². The van der Waals surface area contributed by atoms with Gasteiger partial charge in [0.2, 0.25) is 11.8 Å². The van der Waals surface area contributed by atoms with Gasteiger partial charge in [-0.1, -0.05) is 26.0 Å². The molecule has 0 saturated carbocycles. The van der Waals surface area contributed by atoms with Crippen LogP contribution in [0.25, 0.3) is 0 Å². The maximum absolute atomic E-state index is 12.0. The van der Waals surface area contributed by atoms with Crippen molar-refractivity contribution in [2.24, 2.45) is 11.8 Å². The van der Waals surface area contributed by atoms with Crippen LogP contribution in [0.2, 0.25) is 0 Å². The fraction of sp³-hybridized carbons (Fsp3) is 0.500. The lowest BCUT2D eigenvalue weighted by atomic mass is 9.75. The summed E-state index contributed by atoms with van der Waals surface area (Å²) in [4.78, 5) is 23.7. The van der Waals surface area contributed by atoms with E-state index in [4.69, 9.17) is 4.74 Å². The van der Waals surface area contributed by atoms with Gasteiger partial charge in [-0.15, -0.1) is 0 Å². The third kappa shape index (κ3) is 3.00. The topological polar surface area (TPSA) is 55.4 Å². The van der Waals surface area contributed by atoms with E-state index < -0.39 is 0 Å². The molecule has 2 amide bonds. The second kappa shape index (κ2) is 6.07. The molecule has 2 unspecified atom stereocenters. The number of benzene rings is 1. The van der Waals surface area contributed by atoms with Crippen molar-refractivity contribution in [2.45, 2.75) is 33.1 Å². The van der Waals surface area contributed by atoms with Gasteiger partial charge in [0.05, 0.1) is 6.61 Å². The number of hydrogen-bond acceptors (Lipinski definition) is 3. The molecule has 2 rings (SSSR count). The van der Waals surface area contributed by atoms with Crippen molar-refractivity contribution in [2.75, 3.05) is 6.61 Å². The molecule has 0 aromatic heterocycles. The Morgan fingerprint density at radius 1 is 1.25 bits per heavy atom. The molecule has 1 saturated heterocycles. The molecule has 1 aromatic carbocycles. The number of carbonyl (C=O) groups is 2. The molecule has 4 nitrogen and oxygen atoms in total. The molecule has 2 atom stereocenters. The van der Waals surface area contributed by atoms with Crippen LogP contribution in [0.5, 0.6) is 5.75 Å². The second-order valence-corrected chi connectivity index (χ2v) is 5.49. The standard InChI is InChI=1S/C16H21NO3/c1-4-20-12-7-5-11(6-8-12)13-9-14(18)17-16(19)15(13)10(2)3/h5-8,10,13,15H,4,9H2,1-3H3,(H,17,18,19). The van der Waals surface area contributed by atoms with Crippen molar-refractivity contribution in [3.8, 4) is 5.75 Å². The number of piperidine rings is 1. The predicted molar refractivity (Wildman–Crippen MR) is 76.4 cm³/mol. The van der Waals surface area contributed by atoms with Crippen molar-refractivity contribution < 1.29 is 14.3 Å². The molecule has 1 aliphatic heterocycles. The van der Waals surface area contributed by atoms with Crippen molar-refractivity contribution in [1.29, 1.82) is 0 Å². The lowest BCUT2D eigenvalue weighted by Crippen LogP contribution is -2.46. The van der Waals surface area contributed by atoms with Crippen LogP contribution in [-0.4, -0.2) is 18.4 Å². The summed E-state index contributed by atoms with van der Waals surface area (Å²) in [6.45, 7) is 6.59. The Labute approximate surface area is 119 Å². The maximum Gasteiger partial charge on any atom is 0.230 e. The quantitative estimate of drug-likeness (QED) is 0.859. The third-order valence-electron chi connectivity index (χ3n) is 3.74. The lowest BCUT2D eigenvalue weighted by Gasteiger charge is -2.33. The minimum atomic E-state index is -0.189. The fourth-order valence-electron chi connectivity index (χ4n) is 2.85. The molecular weight excluding hydrogens is 254 g/mol. The van der Waals surface area contributed by atoms with Gasteiger partial charge in [-0.25, -0.2) is 0 Å². The predicted octanol–water partition coefficient (Wildman–Crippen LogP) is 2.49. The molecule has 1 aromatic rings. The lowest BCUT2D eigenvalue weighted by molar-refractivity contribution is -0.138. The Bertz CT molecular complexity index is 493. The highest BCUT2D eigenvalue weighted by atomic mass is 16.5. The third-order valence-corrected chi connectivity index (χ3v) is 3.74. The zero-order valence-corrected chi connectivity index (χ0v) is 12.2. The van der Waals surface area contributed by atoms with Crippen LogP contribution in [0.4, 0.5) is 0 Å². The number of carbonyl (C=O) groups excluding carboxylic acids is 2. The molecule has 1 aliphatic rings. The number of imide groups is 1. The Balaban J connectivity index is 2.26. The van der Waals surface area contributed by atoms with Gasteiger partial charge < -0.3 is 4.74 Å². The first kappa shape index (κ1) is 14.6. The number of nitrogens with one attached hydrogen (secondary N) is 1. The normalized spacial score (nSPS) is 22.8. The minimum Gasteiger partial charge on any atom is -0.494 e. The summed E-state index contributed by atoms with van der Waals surface area (Å²) in [5.41, 5.74) is 1.02. The highest BCUT2D eigenvalue weighted by molar-refractivity contribution is 6.00. The van der Waals surface area contributed by atoms with Gasteiger partial charge in [-0.3, -0.25) is 14.9 Å². The van der Waals surface area contributed by atoms with Gasteiger partial charge in [-0.05, 0) is 30.5 Å². The zero-order valence-electron chi connectivity index (χ0n) is 12.2. The maximum atomic E-state index is 12.0. The van der Waals surface area contributed by atoms with E-state index in [1.165, 1.54) is 0 Å². The molecule has 1 fully saturated rings. The van der Waals surface area contributed by atoms with E-state index in [1.807, 2.05) is 45.0 Å². The Morgan fingerprint density at radius 2 is 1.90 bits per heavy atom. The van der Waals surface area contributed by atoms with Crippen LogP contribution >= 0.6 is 0 Å². The molecular formula is C16H21NO3. The van der Waals surface area contributed by atoms with Crippen molar-refractivity contribution in [1.82, 2.24) is 5.32 Å². The SMILES string of the molecule is CCOc1ccc(C2CC(=O)NC(=O)C2C(C)C)cc1. The van der Waals surface area contributed by atoms with Gasteiger partial charge in [-0.2, -0.15) is 0 Å². The Hall–Kier alpha value is -1.84. The summed E-state index contributed by atoms with van der Waals surface area (Å²) in [5.74, 6) is 0.446. The van der Waals surface area contributed by atoms with E-state index >= 15 is 0 Å². The van der Waals surface area contributed by atoms with Crippen LogP contribution < -0.4 is 10.1 Å². The summed E-state index contributed by atoms with van der Waals surface area (Å²) in [6, 6.07) is 7.70. The summed E-state index contributed by atoms with van der Waals surface area (Å²) in [5, 5.41) is 2.44. The second-order valence-electron chi connectivity index (χ2n) is 5.49. The molecule has 1 heterocycles. The number of amides is 2. The molecule has 0 aliphatic carbocycles. The van der Waals surface area contributed by atoms with Crippen molar-refractivity contribution in [3.05, 3.63) is 29.8 Å². The molecule has 20 heavy (non-hydrogen) atoms. The molecule has 0 spiro atoms. The Kier molecular flexibility index (Phi) is 4.42. The van der Waals surface area contributed by atoms with Crippen LogP contribution in [0.3, 0.4) is 0 Å². The number of ether oxygens (including phenoxy) is 1. The average molecular weight is 275 g/mol. The molecule has 4 heteroatoms.